The highest BCUT2D eigenvalue weighted by molar-refractivity contribution is 5.42. The Hall–Kier alpha value is -1.30. The van der Waals surface area contributed by atoms with Gasteiger partial charge in [0.2, 0.25) is 0 Å². The van der Waals surface area contributed by atoms with E-state index in [1.54, 1.807) is 6.92 Å². The van der Waals surface area contributed by atoms with Crippen LogP contribution >= 0.6 is 0 Å². The molecule has 1 aromatic heterocycles. The highest BCUT2D eigenvalue weighted by Gasteiger charge is 2.31. The Morgan fingerprint density at radius 2 is 2.00 bits per heavy atom. The molecule has 1 unspecified atom stereocenters. The Labute approximate surface area is 110 Å². The van der Waals surface area contributed by atoms with Gasteiger partial charge in [-0.05, 0) is 37.8 Å². The van der Waals surface area contributed by atoms with E-state index in [0.29, 0.717) is 18.9 Å². The molecule has 2 heterocycles. The Balaban J connectivity index is 2.08. The molecular formula is C13H17F3N2O. The first-order valence-electron chi connectivity index (χ1n) is 6.34. The van der Waals surface area contributed by atoms with E-state index in [9.17, 15) is 18.3 Å². The van der Waals surface area contributed by atoms with E-state index in [-0.39, 0.29) is 12.0 Å². The molecule has 3 nitrogen and oxygen atoms in total. The van der Waals surface area contributed by atoms with Gasteiger partial charge in [-0.1, -0.05) is 0 Å². The fourth-order valence-electron chi connectivity index (χ4n) is 2.38. The smallest absolute Gasteiger partial charge is 0.393 e. The Kier molecular flexibility index (Phi) is 3.99. The maximum absolute atomic E-state index is 12.6. The third-order valence-corrected chi connectivity index (χ3v) is 3.62. The Morgan fingerprint density at radius 3 is 2.53 bits per heavy atom. The van der Waals surface area contributed by atoms with E-state index in [2.05, 4.69) is 4.98 Å². The third-order valence-electron chi connectivity index (χ3n) is 3.62. The summed E-state index contributed by atoms with van der Waals surface area (Å²) in [6, 6.07) is 2.06. The van der Waals surface area contributed by atoms with E-state index in [4.69, 9.17) is 0 Å². The number of alkyl halides is 3. The maximum atomic E-state index is 12.6. The van der Waals surface area contributed by atoms with Gasteiger partial charge in [-0.25, -0.2) is 4.98 Å². The first kappa shape index (κ1) is 14.1. The predicted molar refractivity (Wildman–Crippen MR) is 65.9 cm³/mol. The van der Waals surface area contributed by atoms with Crippen molar-refractivity contribution in [2.75, 3.05) is 18.0 Å². The zero-order chi connectivity index (χ0) is 14.0. The number of aliphatic hydroxyl groups excluding tert-OH is 1. The van der Waals surface area contributed by atoms with E-state index in [0.717, 1.165) is 25.0 Å². The molecule has 0 aliphatic carbocycles. The van der Waals surface area contributed by atoms with Crippen molar-refractivity contribution in [3.8, 4) is 0 Å². The summed E-state index contributed by atoms with van der Waals surface area (Å²) in [6.45, 7) is 3.01. The second-order valence-corrected chi connectivity index (χ2v) is 4.97. The van der Waals surface area contributed by atoms with E-state index in [1.807, 2.05) is 4.90 Å². The second kappa shape index (κ2) is 5.36. The molecule has 0 aromatic carbocycles. The van der Waals surface area contributed by atoms with Crippen molar-refractivity contribution < 1.29 is 18.3 Å². The van der Waals surface area contributed by atoms with Gasteiger partial charge < -0.3 is 10.0 Å². The van der Waals surface area contributed by atoms with Crippen LogP contribution in [0.1, 0.15) is 25.3 Å². The van der Waals surface area contributed by atoms with Crippen molar-refractivity contribution in [2.45, 2.75) is 32.0 Å². The Morgan fingerprint density at radius 1 is 1.37 bits per heavy atom. The van der Waals surface area contributed by atoms with Gasteiger partial charge >= 0.3 is 6.18 Å². The minimum absolute atomic E-state index is 0.224. The highest BCUT2D eigenvalue weighted by Crippen LogP contribution is 2.31. The lowest BCUT2D eigenvalue weighted by Crippen LogP contribution is -2.37. The number of piperidine rings is 1. The normalized spacial score (nSPS) is 19.5. The molecule has 1 N–H and O–H groups in total. The predicted octanol–water partition coefficient (Wildman–Crippen LogP) is 2.70. The topological polar surface area (TPSA) is 36.4 Å². The van der Waals surface area contributed by atoms with Crippen LogP contribution in [0.5, 0.6) is 0 Å². The number of hydrogen-bond donors (Lipinski definition) is 1. The molecule has 0 bridgehead atoms. The summed E-state index contributed by atoms with van der Waals surface area (Å²) >= 11 is 0. The van der Waals surface area contributed by atoms with E-state index in [1.165, 1.54) is 6.20 Å². The van der Waals surface area contributed by atoms with Gasteiger partial charge in [0.25, 0.3) is 0 Å². The van der Waals surface area contributed by atoms with Crippen LogP contribution in [0.15, 0.2) is 18.3 Å². The fourth-order valence-corrected chi connectivity index (χ4v) is 2.38. The lowest BCUT2D eigenvalue weighted by Gasteiger charge is -2.34. The first-order chi connectivity index (χ1) is 8.88. The van der Waals surface area contributed by atoms with Crippen LogP contribution < -0.4 is 4.90 Å². The molecule has 0 amide bonds. The molecule has 0 spiro atoms. The number of anilines is 1. The number of halogens is 3. The SMILES string of the molecule is CC(O)C1CCN(c2cc(C(F)(F)F)ccn2)CC1. The van der Waals surface area contributed by atoms with Gasteiger partial charge in [-0.3, -0.25) is 0 Å². The van der Waals surface area contributed by atoms with Gasteiger partial charge in [0.1, 0.15) is 5.82 Å². The van der Waals surface area contributed by atoms with Gasteiger partial charge in [-0.15, -0.1) is 0 Å². The van der Waals surface area contributed by atoms with Crippen LogP contribution in [0.2, 0.25) is 0 Å². The summed E-state index contributed by atoms with van der Waals surface area (Å²) in [5.41, 5.74) is -0.671. The minimum atomic E-state index is -4.34. The molecule has 1 aliphatic rings. The van der Waals surface area contributed by atoms with Crippen LogP contribution in [0, 0.1) is 5.92 Å². The van der Waals surface area contributed by atoms with E-state index >= 15 is 0 Å². The third kappa shape index (κ3) is 3.37. The van der Waals surface area contributed by atoms with Crippen molar-refractivity contribution in [1.82, 2.24) is 4.98 Å². The van der Waals surface area contributed by atoms with Crippen LogP contribution in [-0.4, -0.2) is 29.3 Å². The summed E-state index contributed by atoms with van der Waals surface area (Å²) < 4.78 is 37.9. The zero-order valence-corrected chi connectivity index (χ0v) is 10.7. The molecule has 0 radical (unpaired) electrons. The average molecular weight is 274 g/mol. The summed E-state index contributed by atoms with van der Waals surface area (Å²) in [5.74, 6) is 0.584. The second-order valence-electron chi connectivity index (χ2n) is 4.97. The lowest BCUT2D eigenvalue weighted by atomic mass is 9.92. The largest absolute Gasteiger partial charge is 0.416 e. The van der Waals surface area contributed by atoms with Crippen molar-refractivity contribution in [2.24, 2.45) is 5.92 Å². The summed E-state index contributed by atoms with van der Waals surface area (Å²) in [5, 5.41) is 9.50. The molecule has 1 saturated heterocycles. The van der Waals surface area contributed by atoms with Crippen LogP contribution in [0.4, 0.5) is 19.0 Å². The number of aliphatic hydroxyl groups is 1. The molecule has 1 aliphatic heterocycles. The zero-order valence-electron chi connectivity index (χ0n) is 10.7. The average Bonchev–Trinajstić information content (AvgIpc) is 2.38. The van der Waals surface area contributed by atoms with Gasteiger partial charge in [-0.2, -0.15) is 13.2 Å². The van der Waals surface area contributed by atoms with Crippen molar-refractivity contribution >= 4 is 5.82 Å². The monoisotopic (exact) mass is 274 g/mol. The van der Waals surface area contributed by atoms with Crippen molar-refractivity contribution in [3.63, 3.8) is 0 Å². The fraction of sp³-hybridized carbons (Fsp3) is 0.615. The van der Waals surface area contributed by atoms with Crippen molar-refractivity contribution in [3.05, 3.63) is 23.9 Å². The number of pyridine rings is 1. The summed E-state index contributed by atoms with van der Waals surface area (Å²) in [6.07, 6.45) is -1.96. The highest BCUT2D eigenvalue weighted by atomic mass is 19.4. The molecule has 1 atom stereocenters. The molecule has 6 heteroatoms. The van der Waals surface area contributed by atoms with Crippen LogP contribution in [0.3, 0.4) is 0 Å². The Bertz CT molecular complexity index is 426. The molecule has 1 aromatic rings. The quantitative estimate of drug-likeness (QED) is 0.900. The van der Waals surface area contributed by atoms with Crippen molar-refractivity contribution in [1.29, 1.82) is 0 Å². The van der Waals surface area contributed by atoms with Gasteiger partial charge in [0, 0.05) is 19.3 Å². The molecular weight excluding hydrogens is 257 g/mol. The number of rotatable bonds is 2. The standard InChI is InChI=1S/C13H17F3N2O/c1-9(19)10-3-6-18(7-4-10)12-8-11(2-5-17-12)13(14,15)16/h2,5,8-10,19H,3-4,6-7H2,1H3. The molecule has 0 saturated carbocycles. The van der Waals surface area contributed by atoms with Crippen LogP contribution in [0.25, 0.3) is 0 Å². The summed E-state index contributed by atoms with van der Waals surface area (Å²) in [7, 11) is 0. The minimum Gasteiger partial charge on any atom is -0.393 e. The summed E-state index contributed by atoms with van der Waals surface area (Å²) in [4.78, 5) is 5.85. The number of nitrogens with zero attached hydrogens (tertiary/aromatic N) is 2. The van der Waals surface area contributed by atoms with Crippen LogP contribution in [-0.2, 0) is 6.18 Å². The molecule has 1 fully saturated rings. The first-order valence-corrected chi connectivity index (χ1v) is 6.34. The maximum Gasteiger partial charge on any atom is 0.416 e. The van der Waals surface area contributed by atoms with Gasteiger partial charge in [0.05, 0.1) is 11.7 Å². The van der Waals surface area contributed by atoms with E-state index < -0.39 is 11.7 Å². The molecule has 19 heavy (non-hydrogen) atoms. The lowest BCUT2D eigenvalue weighted by molar-refractivity contribution is -0.137. The molecule has 2 rings (SSSR count). The number of aromatic nitrogens is 1. The molecule has 106 valence electrons. The van der Waals surface area contributed by atoms with Gasteiger partial charge in [0.15, 0.2) is 0 Å². The number of hydrogen-bond acceptors (Lipinski definition) is 3.